The Morgan fingerprint density at radius 2 is 2.15 bits per heavy atom. The fourth-order valence-electron chi connectivity index (χ4n) is 4.49. The normalized spacial score (nSPS) is 25.2. The summed E-state index contributed by atoms with van der Waals surface area (Å²) in [4.78, 5) is 27.4. The minimum absolute atomic E-state index is 0.0542. The zero-order valence-electron chi connectivity index (χ0n) is 15.6. The summed E-state index contributed by atoms with van der Waals surface area (Å²) in [6.07, 6.45) is 4.18. The molecule has 148 valence electrons. The van der Waals surface area contributed by atoms with E-state index >= 15 is 0 Å². The zero-order chi connectivity index (χ0) is 19.4. The average Bonchev–Trinajstić information content (AvgIpc) is 2.67. The number of methoxy groups -OCH3 is 1. The van der Waals surface area contributed by atoms with Gasteiger partial charge < -0.3 is 15.0 Å². The van der Waals surface area contributed by atoms with E-state index in [1.165, 1.54) is 0 Å². The first kappa shape index (κ1) is 19.7. The molecule has 0 unspecified atom stereocenters. The number of carbonyl (C=O) groups is 2. The Labute approximate surface area is 158 Å². The molecule has 2 aliphatic rings. The molecule has 0 spiro atoms. The van der Waals surface area contributed by atoms with Crippen LogP contribution in [0, 0.1) is 17.0 Å². The van der Waals surface area contributed by atoms with Crippen molar-refractivity contribution in [2.24, 2.45) is 5.41 Å². The SMILES string of the molecule is COCCN1C(=O)CC[C@]2(C(=O)NCc3cc(F)ccc3F)CCCC[C@@H]12. The lowest BCUT2D eigenvalue weighted by Crippen LogP contribution is -2.62. The Kier molecular flexibility index (Phi) is 6.09. The first-order valence-electron chi connectivity index (χ1n) is 9.48. The molecule has 1 aliphatic heterocycles. The highest BCUT2D eigenvalue weighted by molar-refractivity contribution is 5.88. The van der Waals surface area contributed by atoms with E-state index in [2.05, 4.69) is 5.32 Å². The topological polar surface area (TPSA) is 58.6 Å². The van der Waals surface area contributed by atoms with E-state index in [0.29, 0.717) is 32.4 Å². The van der Waals surface area contributed by atoms with Crippen LogP contribution >= 0.6 is 0 Å². The molecule has 1 saturated heterocycles. The van der Waals surface area contributed by atoms with Crippen LogP contribution < -0.4 is 5.32 Å². The second-order valence-electron chi connectivity index (χ2n) is 7.42. The van der Waals surface area contributed by atoms with Gasteiger partial charge in [-0.25, -0.2) is 8.78 Å². The van der Waals surface area contributed by atoms with Gasteiger partial charge >= 0.3 is 0 Å². The molecule has 1 aliphatic carbocycles. The Morgan fingerprint density at radius 1 is 1.33 bits per heavy atom. The van der Waals surface area contributed by atoms with Gasteiger partial charge in [0.15, 0.2) is 0 Å². The van der Waals surface area contributed by atoms with Crippen LogP contribution in [-0.2, 0) is 20.9 Å². The fourth-order valence-corrected chi connectivity index (χ4v) is 4.49. The van der Waals surface area contributed by atoms with Crippen molar-refractivity contribution in [3.63, 3.8) is 0 Å². The van der Waals surface area contributed by atoms with Gasteiger partial charge in [-0.05, 0) is 37.5 Å². The number of rotatable bonds is 6. The van der Waals surface area contributed by atoms with E-state index in [1.54, 1.807) is 12.0 Å². The van der Waals surface area contributed by atoms with Gasteiger partial charge in [0.1, 0.15) is 11.6 Å². The van der Waals surface area contributed by atoms with E-state index in [4.69, 9.17) is 4.74 Å². The molecule has 0 bridgehead atoms. The third kappa shape index (κ3) is 3.98. The summed E-state index contributed by atoms with van der Waals surface area (Å²) < 4.78 is 32.4. The molecular formula is C20H26F2N2O3. The van der Waals surface area contributed by atoms with Gasteiger partial charge in [-0.1, -0.05) is 12.8 Å². The molecule has 5 nitrogen and oxygen atoms in total. The summed E-state index contributed by atoms with van der Waals surface area (Å²) in [5.74, 6) is -1.21. The molecule has 27 heavy (non-hydrogen) atoms. The number of amides is 2. The number of likely N-dealkylation sites (tertiary alicyclic amines) is 1. The van der Waals surface area contributed by atoms with Gasteiger partial charge in [0.25, 0.3) is 0 Å². The molecule has 7 heteroatoms. The minimum atomic E-state index is -0.663. The third-order valence-electron chi connectivity index (χ3n) is 5.91. The number of ether oxygens (including phenoxy) is 1. The van der Waals surface area contributed by atoms with Crippen molar-refractivity contribution < 1.29 is 23.1 Å². The highest BCUT2D eigenvalue weighted by Crippen LogP contribution is 2.46. The van der Waals surface area contributed by atoms with Gasteiger partial charge in [0.05, 0.1) is 12.0 Å². The number of hydrogen-bond donors (Lipinski definition) is 1. The van der Waals surface area contributed by atoms with Crippen molar-refractivity contribution in [3.8, 4) is 0 Å². The number of fused-ring (bicyclic) bond motifs is 1. The van der Waals surface area contributed by atoms with Crippen LogP contribution in [0.5, 0.6) is 0 Å². The maximum Gasteiger partial charge on any atom is 0.228 e. The molecule has 0 aromatic heterocycles. The van der Waals surface area contributed by atoms with Gasteiger partial charge in [0, 0.05) is 38.2 Å². The number of nitrogens with one attached hydrogen (secondary N) is 1. The van der Waals surface area contributed by atoms with Crippen molar-refractivity contribution in [1.29, 1.82) is 0 Å². The summed E-state index contributed by atoms with van der Waals surface area (Å²) in [5, 5.41) is 2.80. The fraction of sp³-hybridized carbons (Fsp3) is 0.600. The summed E-state index contributed by atoms with van der Waals surface area (Å²) in [6, 6.07) is 3.04. The summed E-state index contributed by atoms with van der Waals surface area (Å²) in [5.41, 5.74) is -0.542. The van der Waals surface area contributed by atoms with Crippen molar-refractivity contribution in [1.82, 2.24) is 10.2 Å². The predicted octanol–water partition coefficient (Wildman–Crippen LogP) is 2.78. The van der Waals surface area contributed by atoms with Crippen LogP contribution in [0.2, 0.25) is 0 Å². The standard InChI is InChI=1S/C20H26F2N2O3/c1-27-11-10-24-17-4-2-3-8-20(17,9-7-18(24)25)19(26)23-13-14-12-15(21)5-6-16(14)22/h5-6,12,17H,2-4,7-11,13H2,1H3,(H,23,26)/t17-,20-/m1/s1. The Morgan fingerprint density at radius 3 is 2.93 bits per heavy atom. The molecule has 1 aromatic carbocycles. The van der Waals surface area contributed by atoms with Crippen molar-refractivity contribution in [2.45, 2.75) is 51.1 Å². The lowest BCUT2D eigenvalue weighted by Gasteiger charge is -2.51. The van der Waals surface area contributed by atoms with Crippen molar-refractivity contribution in [3.05, 3.63) is 35.4 Å². The Balaban J connectivity index is 1.77. The van der Waals surface area contributed by atoms with E-state index < -0.39 is 17.0 Å². The summed E-state index contributed by atoms with van der Waals surface area (Å²) in [7, 11) is 1.59. The summed E-state index contributed by atoms with van der Waals surface area (Å²) >= 11 is 0. The molecule has 2 amide bonds. The van der Waals surface area contributed by atoms with Crippen LogP contribution in [0.1, 0.15) is 44.1 Å². The molecule has 1 N–H and O–H groups in total. The molecule has 2 fully saturated rings. The second-order valence-corrected chi connectivity index (χ2v) is 7.42. The number of hydrogen-bond acceptors (Lipinski definition) is 3. The highest BCUT2D eigenvalue weighted by Gasteiger charge is 2.52. The smallest absolute Gasteiger partial charge is 0.228 e. The number of nitrogens with zero attached hydrogens (tertiary/aromatic N) is 1. The van der Waals surface area contributed by atoms with Crippen LogP contribution in [0.3, 0.4) is 0 Å². The lowest BCUT2D eigenvalue weighted by molar-refractivity contribution is -0.156. The van der Waals surface area contributed by atoms with Crippen LogP contribution in [0.15, 0.2) is 18.2 Å². The van der Waals surface area contributed by atoms with Crippen molar-refractivity contribution >= 4 is 11.8 Å². The maximum atomic E-state index is 13.9. The monoisotopic (exact) mass is 380 g/mol. The van der Waals surface area contributed by atoms with Gasteiger partial charge in [-0.2, -0.15) is 0 Å². The molecule has 1 heterocycles. The maximum absolute atomic E-state index is 13.9. The average molecular weight is 380 g/mol. The quantitative estimate of drug-likeness (QED) is 0.826. The lowest BCUT2D eigenvalue weighted by atomic mass is 9.64. The second kappa shape index (κ2) is 8.33. The molecule has 1 aromatic rings. The molecular weight excluding hydrogens is 354 g/mol. The van der Waals surface area contributed by atoms with E-state index in [1.807, 2.05) is 0 Å². The number of halogens is 2. The van der Waals surface area contributed by atoms with Crippen LogP contribution in [-0.4, -0.2) is 43.0 Å². The molecule has 1 saturated carbocycles. The van der Waals surface area contributed by atoms with Gasteiger partial charge in [-0.3, -0.25) is 9.59 Å². The van der Waals surface area contributed by atoms with Crippen molar-refractivity contribution in [2.75, 3.05) is 20.3 Å². The Bertz CT molecular complexity index is 712. The number of piperidine rings is 1. The van der Waals surface area contributed by atoms with Crippen LogP contribution in [0.25, 0.3) is 0 Å². The van der Waals surface area contributed by atoms with E-state index in [-0.39, 0.29) is 30.0 Å². The molecule has 2 atom stereocenters. The number of carbonyl (C=O) groups excluding carboxylic acids is 2. The minimum Gasteiger partial charge on any atom is -0.383 e. The van der Waals surface area contributed by atoms with E-state index in [0.717, 1.165) is 37.5 Å². The largest absolute Gasteiger partial charge is 0.383 e. The summed E-state index contributed by atoms with van der Waals surface area (Å²) in [6.45, 7) is 0.824. The van der Waals surface area contributed by atoms with Gasteiger partial charge in [-0.15, -0.1) is 0 Å². The number of benzene rings is 1. The van der Waals surface area contributed by atoms with E-state index in [9.17, 15) is 18.4 Å². The predicted molar refractivity (Wildman–Crippen MR) is 95.7 cm³/mol. The zero-order valence-corrected chi connectivity index (χ0v) is 15.6. The highest BCUT2D eigenvalue weighted by atomic mass is 19.1. The first-order valence-corrected chi connectivity index (χ1v) is 9.48. The third-order valence-corrected chi connectivity index (χ3v) is 5.91. The first-order chi connectivity index (χ1) is 13.0. The molecule has 3 rings (SSSR count). The Hall–Kier alpha value is -2.02. The molecule has 0 radical (unpaired) electrons. The van der Waals surface area contributed by atoms with Crippen LogP contribution in [0.4, 0.5) is 8.78 Å². The van der Waals surface area contributed by atoms with Gasteiger partial charge in [0.2, 0.25) is 11.8 Å².